The van der Waals surface area contributed by atoms with Crippen molar-refractivity contribution in [3.63, 3.8) is 0 Å². The lowest BCUT2D eigenvalue weighted by atomic mass is 10.1. The first-order valence-corrected chi connectivity index (χ1v) is 8.03. The third-order valence-electron chi connectivity index (χ3n) is 4.02. The molecule has 6 heteroatoms. The quantitative estimate of drug-likeness (QED) is 0.745. The lowest BCUT2D eigenvalue weighted by molar-refractivity contribution is -0.136. The first kappa shape index (κ1) is 17.1. The van der Waals surface area contributed by atoms with E-state index in [1.54, 1.807) is 11.9 Å². The molecule has 2 rings (SSSR count). The fourth-order valence-corrected chi connectivity index (χ4v) is 2.61. The predicted molar refractivity (Wildman–Crippen MR) is 89.3 cm³/mol. The van der Waals surface area contributed by atoms with Crippen molar-refractivity contribution < 1.29 is 19.4 Å². The van der Waals surface area contributed by atoms with Gasteiger partial charge in [-0.25, -0.2) is 0 Å². The summed E-state index contributed by atoms with van der Waals surface area (Å²) < 4.78 is 5.43. The number of carbonyl (C=O) groups is 2. The highest BCUT2D eigenvalue weighted by molar-refractivity contribution is 5.97. The van der Waals surface area contributed by atoms with Gasteiger partial charge in [-0.15, -0.1) is 0 Å². The minimum absolute atomic E-state index is 0.0576. The van der Waals surface area contributed by atoms with E-state index in [1.807, 2.05) is 18.2 Å². The maximum Gasteiger partial charge on any atom is 0.305 e. The van der Waals surface area contributed by atoms with E-state index in [0.29, 0.717) is 12.3 Å². The third kappa shape index (κ3) is 4.37. The second kappa shape index (κ2) is 7.85. The van der Waals surface area contributed by atoms with E-state index in [1.165, 1.54) is 0 Å². The molecule has 1 aliphatic heterocycles. The number of carboxylic acids is 1. The van der Waals surface area contributed by atoms with Gasteiger partial charge in [-0.1, -0.05) is 19.8 Å². The Hall–Kier alpha value is -2.24. The number of anilines is 2. The molecule has 0 radical (unpaired) electrons. The molecule has 1 N–H and O–H groups in total. The van der Waals surface area contributed by atoms with Gasteiger partial charge in [0.15, 0.2) is 6.61 Å². The van der Waals surface area contributed by atoms with E-state index in [2.05, 4.69) is 11.8 Å². The Morgan fingerprint density at radius 3 is 2.83 bits per heavy atom. The summed E-state index contributed by atoms with van der Waals surface area (Å²) in [6, 6.07) is 5.68. The van der Waals surface area contributed by atoms with Gasteiger partial charge in [-0.3, -0.25) is 9.59 Å². The van der Waals surface area contributed by atoms with Gasteiger partial charge in [0.1, 0.15) is 5.75 Å². The summed E-state index contributed by atoms with van der Waals surface area (Å²) >= 11 is 0. The first-order valence-electron chi connectivity index (χ1n) is 8.03. The van der Waals surface area contributed by atoms with Crippen molar-refractivity contribution in [1.29, 1.82) is 0 Å². The van der Waals surface area contributed by atoms with Crippen LogP contribution in [0.2, 0.25) is 0 Å². The fraction of sp³-hybridized carbons (Fsp3) is 0.529. The summed E-state index contributed by atoms with van der Waals surface area (Å²) in [5.41, 5.74) is 1.65. The number of carbonyl (C=O) groups excluding carboxylic acids is 1. The van der Waals surface area contributed by atoms with Crippen LogP contribution >= 0.6 is 0 Å². The number of aliphatic carboxylic acids is 1. The van der Waals surface area contributed by atoms with Crippen molar-refractivity contribution in [3.05, 3.63) is 18.2 Å². The molecule has 6 nitrogen and oxygen atoms in total. The van der Waals surface area contributed by atoms with Crippen molar-refractivity contribution in [1.82, 2.24) is 0 Å². The Morgan fingerprint density at radius 2 is 2.13 bits per heavy atom. The van der Waals surface area contributed by atoms with Crippen LogP contribution in [-0.2, 0) is 9.59 Å². The molecule has 0 spiro atoms. The molecule has 1 heterocycles. The molecule has 1 aliphatic rings. The van der Waals surface area contributed by atoms with E-state index in [-0.39, 0.29) is 18.9 Å². The van der Waals surface area contributed by atoms with Crippen LogP contribution in [0.1, 0.15) is 32.6 Å². The molecule has 0 bridgehead atoms. The van der Waals surface area contributed by atoms with Crippen molar-refractivity contribution in [2.75, 3.05) is 36.5 Å². The molecular weight excluding hydrogens is 296 g/mol. The molecule has 0 saturated heterocycles. The normalized spacial score (nSPS) is 13.5. The monoisotopic (exact) mass is 320 g/mol. The van der Waals surface area contributed by atoms with E-state index < -0.39 is 5.97 Å². The van der Waals surface area contributed by atoms with Gasteiger partial charge in [-0.05, 0) is 24.6 Å². The largest absolute Gasteiger partial charge is 0.482 e. The van der Waals surface area contributed by atoms with Crippen LogP contribution in [0.3, 0.4) is 0 Å². The zero-order chi connectivity index (χ0) is 16.8. The van der Waals surface area contributed by atoms with Crippen LogP contribution in [0.5, 0.6) is 5.75 Å². The molecule has 126 valence electrons. The Balaban J connectivity index is 2.19. The Labute approximate surface area is 136 Å². The molecule has 0 fully saturated rings. The maximum atomic E-state index is 11.8. The Bertz CT molecular complexity index is 574. The van der Waals surface area contributed by atoms with Crippen molar-refractivity contribution in [2.45, 2.75) is 32.6 Å². The highest BCUT2D eigenvalue weighted by Gasteiger charge is 2.23. The smallest absolute Gasteiger partial charge is 0.305 e. The number of amides is 1. The number of fused-ring (bicyclic) bond motifs is 1. The molecule has 0 aliphatic carbocycles. The number of unbranched alkanes of at least 4 members (excludes halogenated alkanes) is 2. The van der Waals surface area contributed by atoms with Crippen molar-refractivity contribution in [2.24, 2.45) is 0 Å². The topological polar surface area (TPSA) is 70.1 Å². The number of carboxylic acid groups (broad SMARTS) is 1. The number of rotatable bonds is 8. The van der Waals surface area contributed by atoms with Gasteiger partial charge < -0.3 is 19.6 Å². The highest BCUT2D eigenvalue weighted by atomic mass is 16.5. The minimum atomic E-state index is -0.806. The molecule has 0 aromatic heterocycles. The fourth-order valence-electron chi connectivity index (χ4n) is 2.61. The van der Waals surface area contributed by atoms with Crippen LogP contribution in [-0.4, -0.2) is 43.7 Å². The molecular formula is C17H24N2O4. The van der Waals surface area contributed by atoms with E-state index >= 15 is 0 Å². The lowest BCUT2D eigenvalue weighted by Gasteiger charge is -2.29. The summed E-state index contributed by atoms with van der Waals surface area (Å²) in [6.07, 6.45) is 3.32. The van der Waals surface area contributed by atoms with Crippen molar-refractivity contribution in [3.8, 4) is 5.75 Å². The second-order valence-corrected chi connectivity index (χ2v) is 5.73. The molecule has 0 unspecified atom stereocenters. The standard InChI is InChI=1S/C17H24N2O4/c1-3-4-5-9-19(10-8-17(21)22)13-6-7-15-14(11-13)18(2)16(20)12-23-15/h6-7,11H,3-5,8-10,12H2,1-2H3,(H,21,22). The van der Waals surface area contributed by atoms with Gasteiger partial charge in [0, 0.05) is 25.8 Å². The molecule has 1 aromatic carbocycles. The molecule has 0 atom stereocenters. The third-order valence-corrected chi connectivity index (χ3v) is 4.02. The maximum absolute atomic E-state index is 11.8. The number of benzene rings is 1. The Morgan fingerprint density at radius 1 is 1.35 bits per heavy atom. The lowest BCUT2D eigenvalue weighted by Crippen LogP contribution is -2.36. The average molecular weight is 320 g/mol. The second-order valence-electron chi connectivity index (χ2n) is 5.73. The number of hydrogen-bond donors (Lipinski definition) is 1. The van der Waals surface area contributed by atoms with Crippen LogP contribution in [0.4, 0.5) is 11.4 Å². The Kier molecular flexibility index (Phi) is 5.84. The number of nitrogens with zero attached hydrogens (tertiary/aromatic N) is 2. The summed E-state index contributed by atoms with van der Waals surface area (Å²) in [7, 11) is 1.73. The van der Waals surface area contributed by atoms with E-state index in [0.717, 1.165) is 37.2 Å². The van der Waals surface area contributed by atoms with Gasteiger partial charge in [0.05, 0.1) is 12.1 Å². The van der Waals surface area contributed by atoms with E-state index in [9.17, 15) is 9.59 Å². The van der Waals surface area contributed by atoms with Crippen LogP contribution < -0.4 is 14.5 Å². The summed E-state index contributed by atoms with van der Waals surface area (Å²) in [4.78, 5) is 26.3. The molecule has 23 heavy (non-hydrogen) atoms. The van der Waals surface area contributed by atoms with Crippen LogP contribution in [0, 0.1) is 0 Å². The number of likely N-dealkylation sites (N-methyl/N-ethyl adjacent to an activating group) is 1. The molecule has 1 amide bonds. The van der Waals surface area contributed by atoms with Gasteiger partial charge in [-0.2, -0.15) is 0 Å². The SMILES string of the molecule is CCCCCN(CCC(=O)O)c1ccc2c(c1)N(C)C(=O)CO2. The minimum Gasteiger partial charge on any atom is -0.482 e. The summed E-state index contributed by atoms with van der Waals surface area (Å²) in [5, 5.41) is 8.95. The van der Waals surface area contributed by atoms with Gasteiger partial charge in [0.2, 0.25) is 0 Å². The van der Waals surface area contributed by atoms with Gasteiger partial charge in [0.25, 0.3) is 5.91 Å². The van der Waals surface area contributed by atoms with Crippen LogP contribution in [0.15, 0.2) is 18.2 Å². The van der Waals surface area contributed by atoms with Crippen molar-refractivity contribution >= 4 is 23.3 Å². The zero-order valence-corrected chi connectivity index (χ0v) is 13.7. The van der Waals surface area contributed by atoms with Crippen LogP contribution in [0.25, 0.3) is 0 Å². The summed E-state index contributed by atoms with van der Waals surface area (Å²) in [5.74, 6) is -0.209. The van der Waals surface area contributed by atoms with Gasteiger partial charge >= 0.3 is 5.97 Å². The average Bonchev–Trinajstić information content (AvgIpc) is 2.54. The van der Waals surface area contributed by atoms with E-state index in [4.69, 9.17) is 9.84 Å². The highest BCUT2D eigenvalue weighted by Crippen LogP contribution is 2.35. The molecule has 0 saturated carbocycles. The number of ether oxygens (including phenoxy) is 1. The summed E-state index contributed by atoms with van der Waals surface area (Å²) in [6.45, 7) is 3.45. The zero-order valence-electron chi connectivity index (χ0n) is 13.7. The molecule has 1 aromatic rings. The first-order chi connectivity index (χ1) is 11.0. The number of hydrogen-bond acceptors (Lipinski definition) is 4. The predicted octanol–water partition coefficient (Wildman–Crippen LogP) is 2.51.